The van der Waals surface area contributed by atoms with E-state index in [1.807, 2.05) is 25.1 Å². The van der Waals surface area contributed by atoms with Gasteiger partial charge in [-0.15, -0.1) is 0 Å². The molecule has 1 aliphatic carbocycles. The smallest absolute Gasteiger partial charge is 0.335 e. The van der Waals surface area contributed by atoms with Crippen molar-refractivity contribution in [1.82, 2.24) is 5.32 Å². The lowest BCUT2D eigenvalue weighted by atomic mass is 10.0. The van der Waals surface area contributed by atoms with Crippen molar-refractivity contribution in [2.45, 2.75) is 55.8 Å². The summed E-state index contributed by atoms with van der Waals surface area (Å²) in [5.74, 6) is -0.961. The number of amides is 4. The van der Waals surface area contributed by atoms with Crippen molar-refractivity contribution in [3.05, 3.63) is 53.3 Å². The molecule has 1 N–H and O–H groups in total. The van der Waals surface area contributed by atoms with E-state index in [1.165, 1.54) is 38.2 Å². The van der Waals surface area contributed by atoms with E-state index in [1.54, 1.807) is 30.0 Å². The summed E-state index contributed by atoms with van der Waals surface area (Å²) in [6.45, 7) is 2.03. The van der Waals surface area contributed by atoms with Crippen LogP contribution in [0.3, 0.4) is 0 Å². The number of carbonyl (C=O) groups excluding carboxylic acids is 3. The van der Waals surface area contributed by atoms with Gasteiger partial charge in [-0.3, -0.25) is 14.9 Å². The summed E-state index contributed by atoms with van der Waals surface area (Å²) in [7, 11) is 0. The van der Waals surface area contributed by atoms with Crippen LogP contribution in [0.1, 0.15) is 50.4 Å². The quantitative estimate of drug-likeness (QED) is 0.544. The highest BCUT2D eigenvalue weighted by molar-refractivity contribution is 7.99. The molecule has 156 valence electrons. The number of hydrogen-bond donors (Lipinski definition) is 1. The first kappa shape index (κ1) is 20.5. The van der Waals surface area contributed by atoms with Crippen LogP contribution in [0.5, 0.6) is 0 Å². The van der Waals surface area contributed by atoms with Crippen molar-refractivity contribution in [1.29, 1.82) is 0 Å². The monoisotopic (exact) mass is 424 g/mol. The van der Waals surface area contributed by atoms with E-state index < -0.39 is 17.8 Å². The number of rotatable bonds is 5. The molecule has 7 heteroatoms. The number of hydrogen-bond acceptors (Lipinski definition) is 5. The number of barbiturate groups is 1. The Hall–Kier alpha value is -2.80. The molecule has 2 aliphatic rings. The van der Waals surface area contributed by atoms with Gasteiger partial charge in [0.25, 0.3) is 11.8 Å². The maximum Gasteiger partial charge on any atom is 0.335 e. The van der Waals surface area contributed by atoms with Gasteiger partial charge in [-0.2, -0.15) is 0 Å². The highest BCUT2D eigenvalue weighted by Gasteiger charge is 2.37. The van der Waals surface area contributed by atoms with E-state index in [0.717, 1.165) is 22.0 Å². The average molecular weight is 425 g/mol. The number of benzene rings is 1. The number of nitrogens with zero attached hydrogens (tertiary/aromatic N) is 1. The van der Waals surface area contributed by atoms with E-state index in [2.05, 4.69) is 5.32 Å². The highest BCUT2D eigenvalue weighted by atomic mass is 32.2. The molecule has 0 radical (unpaired) electrons. The minimum Gasteiger partial charge on any atom is -0.450 e. The fourth-order valence-electron chi connectivity index (χ4n) is 3.74. The van der Waals surface area contributed by atoms with Crippen LogP contribution in [0.25, 0.3) is 6.08 Å². The Bertz CT molecular complexity index is 987. The molecule has 1 saturated carbocycles. The van der Waals surface area contributed by atoms with Gasteiger partial charge in [-0.25, -0.2) is 9.69 Å². The normalized spacial score (nSPS) is 19.4. The SMILES string of the molecule is CCc1ccc(N2C(=O)NC(=O)C(=Cc3ccc(SC4CCCCC4)o3)C2=O)cc1. The van der Waals surface area contributed by atoms with Gasteiger partial charge in [0.1, 0.15) is 11.3 Å². The second-order valence-corrected chi connectivity index (χ2v) is 8.82. The topological polar surface area (TPSA) is 79.6 Å². The first-order chi connectivity index (χ1) is 14.5. The summed E-state index contributed by atoms with van der Waals surface area (Å²) >= 11 is 1.70. The van der Waals surface area contributed by atoms with Crippen LogP contribution >= 0.6 is 11.8 Å². The van der Waals surface area contributed by atoms with E-state index in [0.29, 0.717) is 16.7 Å². The summed E-state index contributed by atoms with van der Waals surface area (Å²) in [4.78, 5) is 38.6. The standard InChI is InChI=1S/C23H24N2O4S/c1-2-15-8-10-16(11-9-15)25-22(27)19(21(26)24-23(25)28)14-17-12-13-20(29-17)30-18-6-4-3-5-7-18/h8-14,18H,2-7H2,1H3,(H,24,26,28). The molecule has 6 nitrogen and oxygen atoms in total. The predicted molar refractivity (Wildman–Crippen MR) is 116 cm³/mol. The van der Waals surface area contributed by atoms with Crippen molar-refractivity contribution >= 4 is 41.4 Å². The molecular formula is C23H24N2O4S. The Morgan fingerprint density at radius 1 is 1.07 bits per heavy atom. The zero-order valence-electron chi connectivity index (χ0n) is 16.8. The molecule has 2 aromatic rings. The van der Waals surface area contributed by atoms with Gasteiger partial charge in [-0.1, -0.05) is 50.1 Å². The summed E-state index contributed by atoms with van der Waals surface area (Å²) in [5, 5.41) is 3.57. The fourth-order valence-corrected chi connectivity index (χ4v) is 4.93. The minimum atomic E-state index is -0.751. The number of thioether (sulfide) groups is 1. The molecule has 4 rings (SSSR count). The largest absolute Gasteiger partial charge is 0.450 e. The van der Waals surface area contributed by atoms with Crippen LogP contribution in [0, 0.1) is 0 Å². The predicted octanol–water partition coefficient (Wildman–Crippen LogP) is 4.93. The molecule has 0 atom stereocenters. The van der Waals surface area contributed by atoms with Crippen molar-refractivity contribution in [2.24, 2.45) is 0 Å². The van der Waals surface area contributed by atoms with Crippen molar-refractivity contribution in [3.63, 3.8) is 0 Å². The third-order valence-electron chi connectivity index (χ3n) is 5.43. The second kappa shape index (κ2) is 8.92. The Kier molecular flexibility index (Phi) is 6.08. The van der Waals surface area contributed by atoms with E-state index >= 15 is 0 Å². The lowest BCUT2D eigenvalue weighted by Crippen LogP contribution is -2.54. The number of urea groups is 1. The summed E-state index contributed by atoms with van der Waals surface area (Å²) in [5.41, 5.74) is 1.38. The zero-order chi connectivity index (χ0) is 21.1. The molecule has 1 saturated heterocycles. The molecule has 0 spiro atoms. The van der Waals surface area contributed by atoms with Gasteiger partial charge in [0.2, 0.25) is 0 Å². The fraction of sp³-hybridized carbons (Fsp3) is 0.348. The minimum absolute atomic E-state index is 0.127. The summed E-state index contributed by atoms with van der Waals surface area (Å²) < 4.78 is 5.83. The van der Waals surface area contributed by atoms with Crippen LogP contribution in [0.2, 0.25) is 0 Å². The molecule has 1 aliphatic heterocycles. The number of aryl methyl sites for hydroxylation is 1. The van der Waals surface area contributed by atoms with Gasteiger partial charge in [0.15, 0.2) is 5.09 Å². The van der Waals surface area contributed by atoms with Crippen molar-refractivity contribution < 1.29 is 18.8 Å². The maximum absolute atomic E-state index is 13.0. The lowest BCUT2D eigenvalue weighted by molar-refractivity contribution is -0.122. The van der Waals surface area contributed by atoms with Gasteiger partial charge in [0, 0.05) is 5.25 Å². The molecule has 30 heavy (non-hydrogen) atoms. The van der Waals surface area contributed by atoms with Gasteiger partial charge >= 0.3 is 6.03 Å². The van der Waals surface area contributed by atoms with E-state index in [4.69, 9.17) is 4.42 Å². The number of furan rings is 1. The number of anilines is 1. The molecule has 0 bridgehead atoms. The van der Waals surface area contributed by atoms with Crippen LogP contribution in [-0.4, -0.2) is 23.1 Å². The van der Waals surface area contributed by atoms with Gasteiger partial charge in [0.05, 0.1) is 5.69 Å². The van der Waals surface area contributed by atoms with Gasteiger partial charge < -0.3 is 4.42 Å². The van der Waals surface area contributed by atoms with Crippen LogP contribution in [0.4, 0.5) is 10.5 Å². The Morgan fingerprint density at radius 2 is 1.80 bits per heavy atom. The average Bonchev–Trinajstić information content (AvgIpc) is 3.19. The first-order valence-electron chi connectivity index (χ1n) is 10.3. The molecule has 1 aromatic carbocycles. The number of imide groups is 2. The number of nitrogens with one attached hydrogen (secondary N) is 1. The van der Waals surface area contributed by atoms with E-state index in [9.17, 15) is 14.4 Å². The van der Waals surface area contributed by atoms with Crippen molar-refractivity contribution in [3.8, 4) is 0 Å². The molecule has 4 amide bonds. The van der Waals surface area contributed by atoms with Gasteiger partial charge in [-0.05, 0) is 55.2 Å². The molecule has 0 unspecified atom stereocenters. The van der Waals surface area contributed by atoms with Crippen LogP contribution in [-0.2, 0) is 16.0 Å². The Morgan fingerprint density at radius 3 is 2.50 bits per heavy atom. The Labute approximate surface area is 179 Å². The number of carbonyl (C=O) groups is 3. The van der Waals surface area contributed by atoms with Crippen LogP contribution in [0.15, 0.2) is 51.5 Å². The van der Waals surface area contributed by atoms with E-state index in [-0.39, 0.29) is 5.57 Å². The first-order valence-corrected chi connectivity index (χ1v) is 11.2. The second-order valence-electron chi connectivity index (χ2n) is 7.51. The molecule has 1 aromatic heterocycles. The summed E-state index contributed by atoms with van der Waals surface area (Å²) in [6.07, 6.45) is 8.39. The highest BCUT2D eigenvalue weighted by Crippen LogP contribution is 2.35. The molecular weight excluding hydrogens is 400 g/mol. The molecule has 2 heterocycles. The Balaban J connectivity index is 1.54. The third kappa shape index (κ3) is 4.36. The maximum atomic E-state index is 13.0. The lowest BCUT2D eigenvalue weighted by Gasteiger charge is -2.26. The summed E-state index contributed by atoms with van der Waals surface area (Å²) in [6, 6.07) is 9.98. The third-order valence-corrected chi connectivity index (χ3v) is 6.68. The van der Waals surface area contributed by atoms with Crippen LogP contribution < -0.4 is 10.2 Å². The van der Waals surface area contributed by atoms with Crippen molar-refractivity contribution in [2.75, 3.05) is 4.90 Å². The zero-order valence-corrected chi connectivity index (χ0v) is 17.7. The molecule has 2 fully saturated rings.